The Kier molecular flexibility index (Phi) is 5.03. The number of carboxylic acid groups (broad SMARTS) is 1. The van der Waals surface area contributed by atoms with Crippen LogP contribution in [0, 0.1) is 0 Å². The molecule has 7 heteroatoms. The van der Waals surface area contributed by atoms with Gasteiger partial charge in [0.2, 0.25) is 10.0 Å². The van der Waals surface area contributed by atoms with Gasteiger partial charge in [0.15, 0.2) is 0 Å². The number of nitrogens with zero attached hydrogens (tertiary/aromatic N) is 1. The lowest BCUT2D eigenvalue weighted by Crippen LogP contribution is -2.35. The molecular weight excluding hydrogens is 314 g/mol. The van der Waals surface area contributed by atoms with Gasteiger partial charge in [-0.1, -0.05) is 23.7 Å². The van der Waals surface area contributed by atoms with E-state index in [9.17, 15) is 13.2 Å². The van der Waals surface area contributed by atoms with E-state index in [2.05, 4.69) is 0 Å². The molecule has 1 saturated heterocycles. The van der Waals surface area contributed by atoms with Gasteiger partial charge in [-0.15, -0.1) is 0 Å². The maximum Gasteiger partial charge on any atom is 0.304 e. The normalized spacial score (nSPS) is 20.1. The molecule has 1 N–H and O–H groups in total. The van der Waals surface area contributed by atoms with E-state index in [-0.39, 0.29) is 6.42 Å². The quantitative estimate of drug-likeness (QED) is 0.901. The van der Waals surface area contributed by atoms with Crippen LogP contribution in [0.4, 0.5) is 0 Å². The first kappa shape index (κ1) is 16.0. The molecule has 114 valence electrons. The number of aliphatic carboxylic acids is 1. The molecule has 1 aromatic rings. The van der Waals surface area contributed by atoms with E-state index >= 15 is 0 Å². The number of hydrogen-bond acceptors (Lipinski definition) is 3. The third-order valence-electron chi connectivity index (χ3n) is 3.36. The van der Waals surface area contributed by atoms with Gasteiger partial charge in [0.1, 0.15) is 0 Å². The summed E-state index contributed by atoms with van der Waals surface area (Å²) in [7, 11) is -3.61. The van der Waals surface area contributed by atoms with Gasteiger partial charge < -0.3 is 5.11 Å². The molecule has 1 aromatic carbocycles. The number of benzene rings is 1. The van der Waals surface area contributed by atoms with Crippen LogP contribution >= 0.6 is 11.6 Å². The Labute approximate surface area is 128 Å². The topological polar surface area (TPSA) is 74.7 Å². The minimum Gasteiger partial charge on any atom is -0.481 e. The monoisotopic (exact) mass is 329 g/mol. The number of halogens is 1. The molecule has 1 heterocycles. The van der Waals surface area contributed by atoms with Crippen LogP contribution in [0.25, 0.3) is 6.08 Å². The fourth-order valence-electron chi connectivity index (χ4n) is 2.37. The van der Waals surface area contributed by atoms with Crippen LogP contribution < -0.4 is 0 Å². The number of carbonyl (C=O) groups is 1. The highest BCUT2D eigenvalue weighted by atomic mass is 35.5. The summed E-state index contributed by atoms with van der Waals surface area (Å²) in [5.74, 6) is -0.983. The SMILES string of the molecule is O=C(O)CC1CCCN1S(=O)(=O)C=Cc1ccc(Cl)cc1. The molecular formula is C14H16ClNO4S. The summed E-state index contributed by atoms with van der Waals surface area (Å²) in [6.07, 6.45) is 2.60. The third kappa shape index (κ3) is 4.30. The summed E-state index contributed by atoms with van der Waals surface area (Å²) < 4.78 is 25.8. The molecule has 0 aliphatic carbocycles. The van der Waals surface area contributed by atoms with E-state index in [1.807, 2.05) is 0 Å². The molecule has 0 aromatic heterocycles. The smallest absolute Gasteiger partial charge is 0.304 e. The Morgan fingerprint density at radius 2 is 2.05 bits per heavy atom. The van der Waals surface area contributed by atoms with Crippen molar-refractivity contribution < 1.29 is 18.3 Å². The molecule has 1 atom stereocenters. The average molecular weight is 330 g/mol. The van der Waals surface area contributed by atoms with Gasteiger partial charge in [-0.25, -0.2) is 8.42 Å². The second-order valence-corrected chi connectivity index (χ2v) is 7.11. The van der Waals surface area contributed by atoms with Crippen LogP contribution in [-0.2, 0) is 14.8 Å². The number of carboxylic acids is 1. The van der Waals surface area contributed by atoms with Crippen LogP contribution in [0.2, 0.25) is 5.02 Å². The van der Waals surface area contributed by atoms with Crippen molar-refractivity contribution in [2.75, 3.05) is 6.54 Å². The lowest BCUT2D eigenvalue weighted by Gasteiger charge is -2.20. The van der Waals surface area contributed by atoms with E-state index in [1.165, 1.54) is 10.4 Å². The Morgan fingerprint density at radius 1 is 1.38 bits per heavy atom. The molecule has 1 aliphatic heterocycles. The molecule has 0 spiro atoms. The zero-order valence-corrected chi connectivity index (χ0v) is 12.8. The minimum atomic E-state index is -3.61. The van der Waals surface area contributed by atoms with Crippen LogP contribution in [-0.4, -0.2) is 36.4 Å². The fourth-order valence-corrected chi connectivity index (χ4v) is 3.96. The summed E-state index contributed by atoms with van der Waals surface area (Å²) in [6.45, 7) is 0.366. The van der Waals surface area contributed by atoms with E-state index in [0.29, 0.717) is 24.4 Å². The van der Waals surface area contributed by atoms with Crippen molar-refractivity contribution in [2.24, 2.45) is 0 Å². The highest BCUT2D eigenvalue weighted by Gasteiger charge is 2.33. The van der Waals surface area contributed by atoms with Crippen molar-refractivity contribution in [1.82, 2.24) is 4.31 Å². The lowest BCUT2D eigenvalue weighted by atomic mass is 10.2. The molecule has 0 amide bonds. The molecule has 1 fully saturated rings. The Hall–Kier alpha value is -1.37. The molecule has 0 saturated carbocycles. The summed E-state index contributed by atoms with van der Waals surface area (Å²) in [4.78, 5) is 10.8. The first-order chi connectivity index (χ1) is 9.88. The van der Waals surface area contributed by atoms with Gasteiger partial charge in [0.05, 0.1) is 6.42 Å². The zero-order chi connectivity index (χ0) is 15.5. The average Bonchev–Trinajstić information content (AvgIpc) is 2.86. The van der Waals surface area contributed by atoms with Crippen LogP contribution in [0.3, 0.4) is 0 Å². The lowest BCUT2D eigenvalue weighted by molar-refractivity contribution is -0.137. The molecule has 5 nitrogen and oxygen atoms in total. The predicted octanol–water partition coefficient (Wildman–Crippen LogP) is 2.58. The number of sulfonamides is 1. The zero-order valence-electron chi connectivity index (χ0n) is 11.3. The maximum atomic E-state index is 12.3. The van der Waals surface area contributed by atoms with E-state index in [4.69, 9.17) is 16.7 Å². The maximum absolute atomic E-state index is 12.3. The van der Waals surface area contributed by atoms with Gasteiger partial charge in [0, 0.05) is 23.0 Å². The highest BCUT2D eigenvalue weighted by Crippen LogP contribution is 2.24. The molecule has 0 radical (unpaired) electrons. The Bertz CT molecular complexity index is 639. The fraction of sp³-hybridized carbons (Fsp3) is 0.357. The van der Waals surface area contributed by atoms with Crippen molar-refractivity contribution in [3.05, 3.63) is 40.3 Å². The minimum absolute atomic E-state index is 0.159. The number of hydrogen-bond donors (Lipinski definition) is 1. The highest BCUT2D eigenvalue weighted by molar-refractivity contribution is 7.92. The van der Waals surface area contributed by atoms with Gasteiger partial charge in [-0.05, 0) is 36.6 Å². The number of rotatable bonds is 5. The summed E-state index contributed by atoms with van der Waals surface area (Å²) in [5, 5.41) is 10.5. The standard InChI is InChI=1S/C14H16ClNO4S/c15-12-5-3-11(4-6-12)7-9-21(19,20)16-8-1-2-13(16)10-14(17)18/h3-7,9,13H,1-2,8,10H2,(H,17,18). The van der Waals surface area contributed by atoms with Crippen LogP contribution in [0.1, 0.15) is 24.8 Å². The van der Waals surface area contributed by atoms with E-state index < -0.39 is 22.0 Å². The third-order valence-corrected chi connectivity index (χ3v) is 5.23. The van der Waals surface area contributed by atoms with Crippen molar-refractivity contribution in [3.8, 4) is 0 Å². The van der Waals surface area contributed by atoms with Crippen LogP contribution in [0.15, 0.2) is 29.7 Å². The second-order valence-electron chi connectivity index (χ2n) is 4.90. The first-order valence-corrected chi connectivity index (χ1v) is 8.44. The van der Waals surface area contributed by atoms with Gasteiger partial charge in [0.25, 0.3) is 0 Å². The van der Waals surface area contributed by atoms with Gasteiger partial charge in [-0.3, -0.25) is 4.79 Å². The molecule has 1 aliphatic rings. The van der Waals surface area contributed by atoms with Gasteiger partial charge >= 0.3 is 5.97 Å². The molecule has 0 bridgehead atoms. The van der Waals surface area contributed by atoms with Crippen molar-refractivity contribution in [1.29, 1.82) is 0 Å². The Morgan fingerprint density at radius 3 is 2.67 bits per heavy atom. The first-order valence-electron chi connectivity index (χ1n) is 6.56. The van der Waals surface area contributed by atoms with E-state index in [1.54, 1.807) is 24.3 Å². The van der Waals surface area contributed by atoms with Gasteiger partial charge in [-0.2, -0.15) is 4.31 Å². The van der Waals surface area contributed by atoms with E-state index in [0.717, 1.165) is 11.0 Å². The summed E-state index contributed by atoms with van der Waals surface area (Å²) in [6, 6.07) is 6.33. The summed E-state index contributed by atoms with van der Waals surface area (Å²) in [5.41, 5.74) is 0.719. The summed E-state index contributed by atoms with van der Waals surface area (Å²) >= 11 is 5.77. The Balaban J connectivity index is 2.13. The largest absolute Gasteiger partial charge is 0.481 e. The molecule has 1 unspecified atom stereocenters. The van der Waals surface area contributed by atoms with Crippen LogP contribution in [0.5, 0.6) is 0 Å². The molecule has 21 heavy (non-hydrogen) atoms. The van der Waals surface area contributed by atoms with Crippen molar-refractivity contribution in [3.63, 3.8) is 0 Å². The van der Waals surface area contributed by atoms with Crippen molar-refractivity contribution in [2.45, 2.75) is 25.3 Å². The predicted molar refractivity (Wildman–Crippen MR) is 81.4 cm³/mol. The second kappa shape index (κ2) is 6.60. The van der Waals surface area contributed by atoms with Crippen molar-refractivity contribution >= 4 is 33.7 Å². The molecule has 2 rings (SSSR count).